The zero-order chi connectivity index (χ0) is 23.5. The molecule has 3 rings (SSSR count). The van der Waals surface area contributed by atoms with E-state index in [1.54, 1.807) is 6.07 Å². The second kappa shape index (κ2) is 9.58. The lowest BCUT2D eigenvalue weighted by atomic mass is 10.3. The number of carbonyl (C=O) groups excluding carboxylic acids is 1. The standard InChI is InChI=1S/C19H23N5O5S3/c1-2-3-10-24-17-9-8-15(32(21,28)29)11-16(17)23-19(24)30-12-18(25)22-13-4-6-14(7-5-13)31(20,26)27/h4-9,11H,2-3,10,12H2,1H3,(H,22,25)(H2,20,26,27)(H2,21,28,29). The van der Waals surface area contributed by atoms with Gasteiger partial charge in [0.25, 0.3) is 0 Å². The minimum Gasteiger partial charge on any atom is -0.325 e. The van der Waals surface area contributed by atoms with Crippen LogP contribution in [0.5, 0.6) is 0 Å². The van der Waals surface area contributed by atoms with Gasteiger partial charge in [0, 0.05) is 12.2 Å². The Kier molecular flexibility index (Phi) is 7.25. The van der Waals surface area contributed by atoms with Gasteiger partial charge in [0.05, 0.1) is 26.6 Å². The Morgan fingerprint density at radius 2 is 1.66 bits per heavy atom. The number of carbonyl (C=O) groups is 1. The van der Waals surface area contributed by atoms with Crippen molar-refractivity contribution >= 4 is 54.4 Å². The number of hydrogen-bond acceptors (Lipinski definition) is 7. The van der Waals surface area contributed by atoms with Crippen LogP contribution in [0.2, 0.25) is 0 Å². The van der Waals surface area contributed by atoms with Crippen molar-refractivity contribution in [3.05, 3.63) is 42.5 Å². The van der Waals surface area contributed by atoms with E-state index in [-0.39, 0.29) is 21.5 Å². The number of nitrogens with zero attached hydrogens (tertiary/aromatic N) is 2. The highest BCUT2D eigenvalue weighted by molar-refractivity contribution is 7.99. The molecule has 2 aromatic carbocycles. The van der Waals surface area contributed by atoms with E-state index in [9.17, 15) is 21.6 Å². The second-order valence-electron chi connectivity index (χ2n) is 7.00. The minimum absolute atomic E-state index is 0.0256. The monoisotopic (exact) mass is 497 g/mol. The summed E-state index contributed by atoms with van der Waals surface area (Å²) in [5.74, 6) is -0.258. The quantitative estimate of drug-likeness (QED) is 0.379. The summed E-state index contributed by atoms with van der Waals surface area (Å²) in [5, 5.41) is 13.6. The molecule has 0 saturated carbocycles. The maximum Gasteiger partial charge on any atom is 0.238 e. The van der Waals surface area contributed by atoms with Crippen molar-refractivity contribution in [3.63, 3.8) is 0 Å². The van der Waals surface area contributed by atoms with Gasteiger partial charge >= 0.3 is 0 Å². The molecule has 3 aromatic rings. The number of imidazole rings is 1. The first kappa shape index (κ1) is 24.2. The molecule has 1 heterocycles. The van der Waals surface area contributed by atoms with Gasteiger partial charge in [0.15, 0.2) is 5.16 Å². The number of anilines is 1. The molecule has 0 fully saturated rings. The number of nitrogens with two attached hydrogens (primary N) is 2. The predicted molar refractivity (Wildman–Crippen MR) is 123 cm³/mol. The van der Waals surface area contributed by atoms with Crippen molar-refractivity contribution in [2.45, 2.75) is 41.3 Å². The van der Waals surface area contributed by atoms with Crippen LogP contribution >= 0.6 is 11.8 Å². The molecular weight excluding hydrogens is 474 g/mol. The first-order valence-corrected chi connectivity index (χ1v) is 13.7. The van der Waals surface area contributed by atoms with E-state index in [0.29, 0.717) is 22.9 Å². The fraction of sp³-hybridized carbons (Fsp3) is 0.263. The van der Waals surface area contributed by atoms with Crippen LogP contribution in [0, 0.1) is 0 Å². The van der Waals surface area contributed by atoms with E-state index in [0.717, 1.165) is 18.4 Å². The number of primary sulfonamides is 2. The van der Waals surface area contributed by atoms with Gasteiger partial charge in [0.2, 0.25) is 26.0 Å². The molecule has 0 saturated heterocycles. The summed E-state index contributed by atoms with van der Waals surface area (Å²) >= 11 is 1.21. The van der Waals surface area contributed by atoms with E-state index in [1.165, 1.54) is 48.2 Å². The SMILES string of the molecule is CCCCn1c(SCC(=O)Nc2ccc(S(N)(=O)=O)cc2)nc2cc(S(N)(=O)=O)ccc21. The fourth-order valence-corrected chi connectivity index (χ4v) is 4.85. The number of fused-ring (bicyclic) bond motifs is 1. The van der Waals surface area contributed by atoms with Gasteiger partial charge in [-0.25, -0.2) is 32.1 Å². The van der Waals surface area contributed by atoms with Crippen molar-refractivity contribution in [1.82, 2.24) is 9.55 Å². The average molecular weight is 498 g/mol. The summed E-state index contributed by atoms with van der Waals surface area (Å²) in [5.41, 5.74) is 1.67. The van der Waals surface area contributed by atoms with Crippen molar-refractivity contribution < 1.29 is 21.6 Å². The summed E-state index contributed by atoms with van der Waals surface area (Å²) in [6.07, 6.45) is 1.84. The van der Waals surface area contributed by atoms with Crippen molar-refractivity contribution in [2.75, 3.05) is 11.1 Å². The normalized spacial score (nSPS) is 12.2. The van der Waals surface area contributed by atoms with Crippen LogP contribution in [0.3, 0.4) is 0 Å². The lowest BCUT2D eigenvalue weighted by molar-refractivity contribution is -0.113. The van der Waals surface area contributed by atoms with Crippen LogP contribution in [0.1, 0.15) is 19.8 Å². The van der Waals surface area contributed by atoms with Gasteiger partial charge in [-0.15, -0.1) is 0 Å². The molecule has 32 heavy (non-hydrogen) atoms. The van der Waals surface area contributed by atoms with E-state index < -0.39 is 20.0 Å². The molecule has 0 aliphatic carbocycles. The number of aromatic nitrogens is 2. The van der Waals surface area contributed by atoms with Crippen LogP contribution in [-0.4, -0.2) is 38.0 Å². The van der Waals surface area contributed by atoms with Gasteiger partial charge in [-0.2, -0.15) is 0 Å². The zero-order valence-corrected chi connectivity index (χ0v) is 19.6. The molecule has 0 unspecified atom stereocenters. The molecule has 13 heteroatoms. The second-order valence-corrected chi connectivity index (χ2v) is 11.1. The first-order chi connectivity index (χ1) is 15.0. The number of thioether (sulfide) groups is 1. The first-order valence-electron chi connectivity index (χ1n) is 9.57. The third-order valence-electron chi connectivity index (χ3n) is 4.55. The minimum atomic E-state index is -3.85. The van der Waals surface area contributed by atoms with Crippen molar-refractivity contribution in [2.24, 2.45) is 10.3 Å². The highest BCUT2D eigenvalue weighted by Gasteiger charge is 2.16. The Balaban J connectivity index is 1.77. The molecule has 0 aliphatic rings. The number of amides is 1. The highest BCUT2D eigenvalue weighted by atomic mass is 32.2. The number of nitrogens with one attached hydrogen (secondary N) is 1. The third-order valence-corrected chi connectivity index (χ3v) is 7.36. The summed E-state index contributed by atoms with van der Waals surface area (Å²) in [7, 11) is -7.66. The van der Waals surface area contributed by atoms with Crippen molar-refractivity contribution in [3.8, 4) is 0 Å². The van der Waals surface area contributed by atoms with Crippen LogP contribution in [0.15, 0.2) is 57.4 Å². The zero-order valence-electron chi connectivity index (χ0n) is 17.2. The molecule has 1 aromatic heterocycles. The van der Waals surface area contributed by atoms with Crippen LogP contribution in [0.25, 0.3) is 11.0 Å². The summed E-state index contributed by atoms with van der Waals surface area (Å²) < 4.78 is 47.9. The van der Waals surface area contributed by atoms with Crippen LogP contribution < -0.4 is 15.6 Å². The van der Waals surface area contributed by atoms with Gasteiger partial charge in [0.1, 0.15) is 0 Å². The molecule has 1 amide bonds. The predicted octanol–water partition coefficient (Wildman–Crippen LogP) is 1.86. The summed E-state index contributed by atoms with van der Waals surface area (Å²) in [4.78, 5) is 16.8. The molecule has 10 nitrogen and oxygen atoms in total. The van der Waals surface area contributed by atoms with Gasteiger partial charge < -0.3 is 9.88 Å². The molecule has 0 atom stereocenters. The van der Waals surface area contributed by atoms with Gasteiger partial charge in [-0.05, 0) is 48.9 Å². The topological polar surface area (TPSA) is 167 Å². The van der Waals surface area contributed by atoms with E-state index in [1.807, 2.05) is 4.57 Å². The van der Waals surface area contributed by atoms with Crippen LogP contribution in [0.4, 0.5) is 5.69 Å². The number of hydrogen-bond donors (Lipinski definition) is 3. The van der Waals surface area contributed by atoms with E-state index >= 15 is 0 Å². The fourth-order valence-electron chi connectivity index (χ4n) is 2.96. The molecule has 0 aliphatic heterocycles. The molecule has 0 spiro atoms. The number of benzene rings is 2. The molecule has 0 bridgehead atoms. The number of sulfonamides is 2. The van der Waals surface area contributed by atoms with E-state index in [4.69, 9.17) is 10.3 Å². The highest BCUT2D eigenvalue weighted by Crippen LogP contribution is 2.27. The Morgan fingerprint density at radius 1 is 1.03 bits per heavy atom. The lowest BCUT2D eigenvalue weighted by Gasteiger charge is -2.09. The largest absolute Gasteiger partial charge is 0.325 e. The Morgan fingerprint density at radius 3 is 2.25 bits per heavy atom. The number of aryl methyl sites for hydroxylation is 1. The Hall–Kier alpha value is -2.45. The maximum absolute atomic E-state index is 12.4. The summed E-state index contributed by atoms with van der Waals surface area (Å²) in [6.45, 7) is 2.72. The molecular formula is C19H23N5O5S3. The van der Waals surface area contributed by atoms with Crippen molar-refractivity contribution in [1.29, 1.82) is 0 Å². The summed E-state index contributed by atoms with van der Waals surface area (Å²) in [6, 6.07) is 10.0. The lowest BCUT2D eigenvalue weighted by Crippen LogP contribution is -2.15. The number of unbranched alkanes of at least 4 members (excludes halogenated alkanes) is 1. The van der Waals surface area contributed by atoms with Gasteiger partial charge in [-0.1, -0.05) is 25.1 Å². The average Bonchev–Trinajstić information content (AvgIpc) is 3.06. The number of rotatable bonds is 9. The van der Waals surface area contributed by atoms with E-state index in [2.05, 4.69) is 17.2 Å². The Labute approximate surface area is 190 Å². The smallest absolute Gasteiger partial charge is 0.238 e. The molecule has 172 valence electrons. The molecule has 5 N–H and O–H groups in total. The maximum atomic E-state index is 12.4. The van der Waals surface area contributed by atoms with Gasteiger partial charge in [-0.3, -0.25) is 4.79 Å². The Bertz CT molecular complexity index is 1350. The third kappa shape index (κ3) is 5.86. The van der Waals surface area contributed by atoms with Crippen LogP contribution in [-0.2, 0) is 31.4 Å². The molecule has 0 radical (unpaired) electrons.